The van der Waals surface area contributed by atoms with Crippen molar-refractivity contribution in [1.29, 1.82) is 0 Å². The van der Waals surface area contributed by atoms with Crippen LogP contribution in [0, 0.1) is 30.9 Å². The number of rotatable bonds is 19. The summed E-state index contributed by atoms with van der Waals surface area (Å²) in [5.41, 5.74) is 21.0. The Hall–Kier alpha value is -10.6. The molecule has 12 rings (SSSR count). The van der Waals surface area contributed by atoms with E-state index in [9.17, 15) is 10.1 Å². The molecule has 6 heterocycles. The molecule has 0 atom stereocenters. The van der Waals surface area contributed by atoms with Gasteiger partial charge in [-0.15, -0.1) is 0 Å². The number of non-ortho nitro benzene ring substituents is 1. The monoisotopic (exact) mass is 1370 g/mol. The number of nitrogens with zero attached hydrogens (tertiary/aromatic N) is 7. The number of aryl methyl sites for hydroxylation is 3. The van der Waals surface area contributed by atoms with Crippen LogP contribution in [0.4, 0.5) is 5.69 Å². The lowest BCUT2D eigenvalue weighted by Crippen LogP contribution is -2.18. The molecule has 14 nitrogen and oxygen atoms in total. The van der Waals surface area contributed by atoms with Crippen molar-refractivity contribution < 1.29 is 28.6 Å². The zero-order valence-electron chi connectivity index (χ0n) is 62.4. The minimum absolute atomic E-state index is 0.00215. The second-order valence-electron chi connectivity index (χ2n) is 31.4. The van der Waals surface area contributed by atoms with E-state index in [2.05, 4.69) is 132 Å². The third-order valence-corrected chi connectivity index (χ3v) is 18.8. The zero-order chi connectivity index (χ0) is 73.0. The number of fused-ring (bicyclic) bond motifs is 8. The summed E-state index contributed by atoms with van der Waals surface area (Å²) >= 11 is 0. The summed E-state index contributed by atoms with van der Waals surface area (Å²) in [6, 6.07) is 61.1. The van der Waals surface area contributed by atoms with Crippen molar-refractivity contribution in [2.45, 2.75) is 177 Å². The molecule has 0 saturated carbocycles. The van der Waals surface area contributed by atoms with Crippen molar-refractivity contribution in [3.8, 4) is 62.9 Å². The molecule has 0 radical (unpaired) electrons. The van der Waals surface area contributed by atoms with E-state index >= 15 is 0 Å². The minimum Gasteiger partial charge on any atom is -0.493 e. The van der Waals surface area contributed by atoms with Crippen LogP contribution in [0.1, 0.15) is 190 Å². The van der Waals surface area contributed by atoms with Crippen LogP contribution < -0.4 is 23.7 Å². The highest BCUT2D eigenvalue weighted by Crippen LogP contribution is 2.45. The fourth-order valence-corrected chi connectivity index (χ4v) is 13.1. The fraction of sp³-hybridized carbons (Fsp3) is 0.326. The second kappa shape index (κ2) is 30.1. The number of hydrogen-bond donors (Lipinski definition) is 0. The topological polar surface area (TPSA) is 167 Å². The van der Waals surface area contributed by atoms with Gasteiger partial charge in [0, 0.05) is 61.3 Å². The van der Waals surface area contributed by atoms with Crippen LogP contribution in [0.15, 0.2) is 182 Å². The van der Waals surface area contributed by atoms with E-state index in [0.29, 0.717) is 51.1 Å². The summed E-state index contributed by atoms with van der Waals surface area (Å²) in [5.74, 6) is 3.58. The first-order valence-electron chi connectivity index (χ1n) is 35.8. The van der Waals surface area contributed by atoms with Gasteiger partial charge in [-0.25, -0.2) is 15.0 Å². The van der Waals surface area contributed by atoms with E-state index in [1.807, 2.05) is 130 Å². The van der Waals surface area contributed by atoms with Gasteiger partial charge in [0.2, 0.25) is 0 Å². The molecule has 0 saturated heterocycles. The molecule has 1 aliphatic rings. The Labute approximate surface area is 607 Å². The first-order chi connectivity index (χ1) is 49.0. The standard InChI is InChI=1S/C89H95N7O7/c1-56-23-16-29-76(90-56)79-32-19-26-71(93-79)53-101-83-61-41-59-45-67(86(4,5)6)46-60(82(59)100-40-22-39-99-75-37-35-74(36-38-75)96(97)98)42-62-48-69(88(10,11)12)50-64(84(62)102-54-72-27-20-33-80(94-72)77-30-17-24-57(2)91-77)44-66-52-70(89(13,14)15)51-65(43-63(83)49-68(47-61)87(7,8)9)85(66)103-55-73-28-21-34-81(95-73)78-31-18-25-58(3)92-78/h16-21,23-38,45-52H,22,39-44,53-55H2,1-15H3. The summed E-state index contributed by atoms with van der Waals surface area (Å²) in [7, 11) is 0. The number of pyridine rings is 6. The van der Waals surface area contributed by atoms with Gasteiger partial charge in [0.05, 0.1) is 69.4 Å². The maximum atomic E-state index is 11.6. The van der Waals surface area contributed by atoms with Crippen LogP contribution in [0.3, 0.4) is 0 Å². The lowest BCUT2D eigenvalue weighted by atomic mass is 9.79. The third kappa shape index (κ3) is 17.8. The third-order valence-electron chi connectivity index (χ3n) is 18.8. The molecule has 0 spiro atoms. The molecular formula is C89H95N7O7. The molecule has 8 bridgehead atoms. The first-order valence-corrected chi connectivity index (χ1v) is 35.8. The Balaban J connectivity index is 1.09. The van der Waals surface area contributed by atoms with E-state index in [0.717, 1.165) is 158 Å². The number of aromatic nitrogens is 6. The molecule has 0 N–H and O–H groups in total. The number of ether oxygens (including phenoxy) is 5. The van der Waals surface area contributed by atoms with E-state index in [-0.39, 0.29) is 47.2 Å². The van der Waals surface area contributed by atoms with Gasteiger partial charge in [0.25, 0.3) is 5.69 Å². The summed E-state index contributed by atoms with van der Waals surface area (Å²) in [6.45, 7) is 34.4. The molecule has 1 aliphatic carbocycles. The highest BCUT2D eigenvalue weighted by Gasteiger charge is 2.31. The van der Waals surface area contributed by atoms with Gasteiger partial charge in [-0.05, 0) is 194 Å². The average Bonchev–Trinajstić information content (AvgIpc) is 0.758. The van der Waals surface area contributed by atoms with Crippen LogP contribution in [-0.2, 0) is 67.2 Å². The molecule has 528 valence electrons. The Morgan fingerprint density at radius 1 is 0.330 bits per heavy atom. The van der Waals surface area contributed by atoms with E-state index in [4.69, 9.17) is 53.6 Å². The Kier molecular flexibility index (Phi) is 21.1. The maximum Gasteiger partial charge on any atom is 0.269 e. The molecule has 0 fully saturated rings. The zero-order valence-corrected chi connectivity index (χ0v) is 62.4. The smallest absolute Gasteiger partial charge is 0.269 e. The van der Waals surface area contributed by atoms with Gasteiger partial charge in [0.15, 0.2) is 0 Å². The lowest BCUT2D eigenvalue weighted by Gasteiger charge is -2.29. The van der Waals surface area contributed by atoms with Gasteiger partial charge >= 0.3 is 0 Å². The Bertz CT molecular complexity index is 4710. The molecule has 0 unspecified atom stereocenters. The molecular weight excluding hydrogens is 1280 g/mol. The van der Waals surface area contributed by atoms with Crippen molar-refractivity contribution in [2.75, 3.05) is 13.2 Å². The van der Waals surface area contributed by atoms with E-state index < -0.39 is 4.92 Å². The van der Waals surface area contributed by atoms with Crippen LogP contribution in [-0.4, -0.2) is 48.0 Å². The summed E-state index contributed by atoms with van der Waals surface area (Å²) in [6.07, 6.45) is 2.24. The molecule has 11 aromatic rings. The van der Waals surface area contributed by atoms with Gasteiger partial charge < -0.3 is 23.7 Å². The van der Waals surface area contributed by atoms with Crippen LogP contribution in [0.2, 0.25) is 0 Å². The van der Waals surface area contributed by atoms with Gasteiger partial charge in [-0.3, -0.25) is 25.1 Å². The van der Waals surface area contributed by atoms with Crippen LogP contribution >= 0.6 is 0 Å². The molecule has 0 amide bonds. The number of benzene rings is 5. The molecule has 6 aromatic heterocycles. The second-order valence-corrected chi connectivity index (χ2v) is 31.4. The molecule has 0 aliphatic heterocycles. The number of hydrogen-bond acceptors (Lipinski definition) is 13. The van der Waals surface area contributed by atoms with Crippen molar-refractivity contribution in [3.05, 3.63) is 293 Å². The van der Waals surface area contributed by atoms with Crippen LogP contribution in [0.5, 0.6) is 28.7 Å². The molecule has 14 heteroatoms. The first kappa shape index (κ1) is 72.2. The van der Waals surface area contributed by atoms with Crippen molar-refractivity contribution in [1.82, 2.24) is 29.9 Å². The normalized spacial score (nSPS) is 12.6. The van der Waals surface area contributed by atoms with E-state index in [1.54, 1.807) is 12.1 Å². The minimum atomic E-state index is -0.407. The Morgan fingerprint density at radius 3 is 0.845 bits per heavy atom. The maximum absolute atomic E-state index is 11.6. The highest BCUT2D eigenvalue weighted by atomic mass is 16.6. The fourth-order valence-electron chi connectivity index (χ4n) is 13.1. The highest BCUT2D eigenvalue weighted by molar-refractivity contribution is 5.62. The predicted octanol–water partition coefficient (Wildman–Crippen LogP) is 20.3. The SMILES string of the molecule is Cc1cccc(-c2cccc(COc3c4cc(C(C)(C)C)cc3Cc3cc(C(C)(C)C)cc(c3OCc3cccc(-c5cccc(C)n5)n3)Cc3cc(C(C)(C)C)cc(c3OCc3cccc(-c5cccc(C)n5)n3)Cc3cc(C(C)(C)C)cc(c3OCCCOc3ccc([N+](=O)[O-])cc3)C4)n2)n1. The summed E-state index contributed by atoms with van der Waals surface area (Å²) in [4.78, 5) is 41.4. The number of nitro groups is 1. The van der Waals surface area contributed by atoms with Crippen LogP contribution in [0.25, 0.3) is 34.2 Å². The summed E-state index contributed by atoms with van der Waals surface area (Å²) < 4.78 is 36.1. The lowest BCUT2D eigenvalue weighted by molar-refractivity contribution is -0.384. The number of nitro benzene ring substituents is 1. The Morgan fingerprint density at radius 2 is 0.583 bits per heavy atom. The van der Waals surface area contributed by atoms with Gasteiger partial charge in [0.1, 0.15) is 48.6 Å². The van der Waals surface area contributed by atoms with E-state index in [1.165, 1.54) is 12.1 Å². The average molecular weight is 1370 g/mol. The summed E-state index contributed by atoms with van der Waals surface area (Å²) in [5, 5.41) is 11.6. The molecule has 103 heavy (non-hydrogen) atoms. The van der Waals surface area contributed by atoms with Gasteiger partial charge in [-0.1, -0.05) is 168 Å². The largest absolute Gasteiger partial charge is 0.493 e. The van der Waals surface area contributed by atoms with Crippen molar-refractivity contribution in [2.24, 2.45) is 0 Å². The molecule has 5 aromatic carbocycles. The van der Waals surface area contributed by atoms with Gasteiger partial charge in [-0.2, -0.15) is 0 Å². The quantitative estimate of drug-likeness (QED) is 0.0427. The van der Waals surface area contributed by atoms with Crippen molar-refractivity contribution >= 4 is 5.69 Å². The predicted molar refractivity (Wildman–Crippen MR) is 410 cm³/mol. The van der Waals surface area contributed by atoms with Crippen molar-refractivity contribution in [3.63, 3.8) is 0 Å².